The zero-order chi connectivity index (χ0) is 20.3. The Morgan fingerprint density at radius 1 is 1.07 bits per heavy atom. The van der Waals surface area contributed by atoms with E-state index >= 15 is 0 Å². The van der Waals surface area contributed by atoms with E-state index < -0.39 is 17.7 Å². The van der Waals surface area contributed by atoms with Gasteiger partial charge in [-0.05, 0) is 41.8 Å². The monoisotopic (exact) mass is 464 g/mol. The van der Waals surface area contributed by atoms with Gasteiger partial charge < -0.3 is 5.11 Å². The predicted octanol–water partition coefficient (Wildman–Crippen LogP) is 4.81. The van der Waals surface area contributed by atoms with Crippen LogP contribution in [0.15, 0.2) is 48.5 Å². The highest BCUT2D eigenvalue weighted by atomic mass is 35.5. The lowest BCUT2D eigenvalue weighted by Gasteiger charge is -2.39. The van der Waals surface area contributed by atoms with E-state index in [9.17, 15) is 18.0 Å². The largest absolute Gasteiger partial charge is 0.480 e. The predicted molar refractivity (Wildman–Crippen MR) is 115 cm³/mol. The summed E-state index contributed by atoms with van der Waals surface area (Å²) < 4.78 is 40.2. The average molecular weight is 465 g/mol. The van der Waals surface area contributed by atoms with Gasteiger partial charge >= 0.3 is 12.1 Å². The Labute approximate surface area is 186 Å². The van der Waals surface area contributed by atoms with Crippen molar-refractivity contribution >= 4 is 30.8 Å². The quantitative estimate of drug-likeness (QED) is 0.689. The fraction of sp³-hybridized carbons (Fsp3) is 0.381. The van der Waals surface area contributed by atoms with Crippen LogP contribution in [0.2, 0.25) is 0 Å². The molecule has 2 aromatic carbocycles. The van der Waals surface area contributed by atoms with Crippen molar-refractivity contribution < 1.29 is 23.1 Å². The van der Waals surface area contributed by atoms with Crippen LogP contribution in [-0.2, 0) is 17.5 Å². The summed E-state index contributed by atoms with van der Waals surface area (Å²) in [5.74, 6) is -0.870. The van der Waals surface area contributed by atoms with E-state index in [1.807, 2.05) is 17.9 Å². The van der Waals surface area contributed by atoms with Crippen LogP contribution >= 0.6 is 24.8 Å². The molecule has 0 radical (unpaired) electrons. The molecular formula is C21H25Cl2F3N2O2. The number of rotatable bonds is 5. The fourth-order valence-corrected chi connectivity index (χ4v) is 3.63. The maximum Gasteiger partial charge on any atom is 0.416 e. The van der Waals surface area contributed by atoms with Gasteiger partial charge in [0, 0.05) is 32.2 Å². The van der Waals surface area contributed by atoms with Crippen LogP contribution in [-0.4, -0.2) is 53.1 Å². The first-order valence-corrected chi connectivity index (χ1v) is 9.17. The minimum absolute atomic E-state index is 0. The molecular weight excluding hydrogens is 440 g/mol. The summed E-state index contributed by atoms with van der Waals surface area (Å²) in [6.45, 7) is 4.14. The Morgan fingerprint density at radius 3 is 2.30 bits per heavy atom. The van der Waals surface area contributed by atoms with Gasteiger partial charge in [-0.3, -0.25) is 14.6 Å². The Morgan fingerprint density at radius 2 is 1.73 bits per heavy atom. The van der Waals surface area contributed by atoms with Crippen LogP contribution < -0.4 is 0 Å². The first-order valence-electron chi connectivity index (χ1n) is 9.17. The average Bonchev–Trinajstić information content (AvgIpc) is 2.63. The molecule has 0 spiro atoms. The molecule has 0 aromatic heterocycles. The van der Waals surface area contributed by atoms with E-state index in [0.717, 1.165) is 5.56 Å². The van der Waals surface area contributed by atoms with Gasteiger partial charge in [0.1, 0.15) is 0 Å². The summed E-state index contributed by atoms with van der Waals surface area (Å²) in [7, 11) is 0. The Bertz CT molecular complexity index is 835. The molecule has 166 valence electrons. The van der Waals surface area contributed by atoms with E-state index in [-0.39, 0.29) is 37.4 Å². The van der Waals surface area contributed by atoms with Gasteiger partial charge in [0.2, 0.25) is 0 Å². The first-order chi connectivity index (χ1) is 13.2. The SMILES string of the molecule is C[C@@H]1CN(Cc2cc(-c3ccccc3)cc(C(F)(F)F)c2)CCN1CC(=O)O.Cl.Cl. The number of aliphatic carboxylic acids is 1. The molecule has 1 aliphatic heterocycles. The van der Waals surface area contributed by atoms with E-state index in [1.165, 1.54) is 12.1 Å². The van der Waals surface area contributed by atoms with Crippen molar-refractivity contribution in [3.63, 3.8) is 0 Å². The molecule has 1 N–H and O–H groups in total. The van der Waals surface area contributed by atoms with Crippen molar-refractivity contribution in [2.45, 2.75) is 25.7 Å². The van der Waals surface area contributed by atoms with Crippen molar-refractivity contribution in [3.8, 4) is 11.1 Å². The second kappa shape index (κ2) is 11.0. The summed E-state index contributed by atoms with van der Waals surface area (Å²) in [6, 6.07) is 13.3. The second-order valence-electron chi connectivity index (χ2n) is 7.23. The summed E-state index contributed by atoms with van der Waals surface area (Å²) in [6.07, 6.45) is -4.41. The molecule has 1 aliphatic rings. The number of nitrogens with zero attached hydrogens (tertiary/aromatic N) is 2. The summed E-state index contributed by atoms with van der Waals surface area (Å²) in [5.41, 5.74) is 1.24. The third-order valence-corrected chi connectivity index (χ3v) is 5.02. The van der Waals surface area contributed by atoms with Crippen LogP contribution in [0.3, 0.4) is 0 Å². The maximum absolute atomic E-state index is 13.4. The van der Waals surface area contributed by atoms with Gasteiger partial charge in [0.05, 0.1) is 12.1 Å². The summed E-state index contributed by atoms with van der Waals surface area (Å²) in [5, 5.41) is 8.97. The molecule has 0 saturated carbocycles. The van der Waals surface area contributed by atoms with Crippen molar-refractivity contribution in [3.05, 3.63) is 59.7 Å². The summed E-state index contributed by atoms with van der Waals surface area (Å²) in [4.78, 5) is 14.9. The van der Waals surface area contributed by atoms with E-state index in [2.05, 4.69) is 4.90 Å². The van der Waals surface area contributed by atoms with Gasteiger partial charge in [-0.25, -0.2) is 0 Å². The number of hydrogen-bond donors (Lipinski definition) is 1. The molecule has 9 heteroatoms. The molecule has 2 aromatic rings. The molecule has 1 atom stereocenters. The molecule has 3 rings (SSSR count). The number of piperazine rings is 1. The number of alkyl halides is 3. The fourth-order valence-electron chi connectivity index (χ4n) is 3.63. The smallest absolute Gasteiger partial charge is 0.416 e. The van der Waals surface area contributed by atoms with Gasteiger partial charge in [-0.1, -0.05) is 30.3 Å². The molecule has 0 amide bonds. The first kappa shape index (κ1) is 26.2. The maximum atomic E-state index is 13.4. The molecule has 30 heavy (non-hydrogen) atoms. The Hall–Kier alpha value is -1.80. The highest BCUT2D eigenvalue weighted by molar-refractivity contribution is 5.85. The van der Waals surface area contributed by atoms with Crippen molar-refractivity contribution in [2.24, 2.45) is 0 Å². The van der Waals surface area contributed by atoms with E-state index in [0.29, 0.717) is 37.3 Å². The molecule has 1 heterocycles. The van der Waals surface area contributed by atoms with E-state index in [4.69, 9.17) is 5.11 Å². The second-order valence-corrected chi connectivity index (χ2v) is 7.23. The van der Waals surface area contributed by atoms with Crippen molar-refractivity contribution in [1.82, 2.24) is 9.80 Å². The van der Waals surface area contributed by atoms with Crippen LogP contribution in [0.1, 0.15) is 18.1 Å². The summed E-state index contributed by atoms with van der Waals surface area (Å²) >= 11 is 0. The number of benzene rings is 2. The molecule has 1 saturated heterocycles. The lowest BCUT2D eigenvalue weighted by atomic mass is 9.99. The van der Waals surface area contributed by atoms with Crippen molar-refractivity contribution in [1.29, 1.82) is 0 Å². The topological polar surface area (TPSA) is 43.8 Å². The molecule has 0 bridgehead atoms. The van der Waals surface area contributed by atoms with Gasteiger partial charge in [0.25, 0.3) is 0 Å². The highest BCUT2D eigenvalue weighted by Crippen LogP contribution is 2.34. The zero-order valence-corrected chi connectivity index (χ0v) is 18.1. The lowest BCUT2D eigenvalue weighted by molar-refractivity contribution is -0.139. The van der Waals surface area contributed by atoms with Crippen LogP contribution in [0.4, 0.5) is 13.2 Å². The standard InChI is InChI=1S/C21H23F3N2O2.2ClH/c1-15-12-25(7-8-26(15)14-20(27)28)13-16-9-18(17-5-3-2-4-6-17)11-19(10-16)21(22,23)24;;/h2-6,9-11,15H,7-8,12-14H2,1H3,(H,27,28);2*1H/t15-;;/m1../s1. The van der Waals surface area contributed by atoms with Gasteiger partial charge in [0.15, 0.2) is 0 Å². The molecule has 1 fully saturated rings. The minimum atomic E-state index is -4.41. The Balaban J connectivity index is 0.00000225. The molecule has 4 nitrogen and oxygen atoms in total. The minimum Gasteiger partial charge on any atom is -0.480 e. The third-order valence-electron chi connectivity index (χ3n) is 5.02. The number of carboxylic acids is 1. The van der Waals surface area contributed by atoms with Crippen molar-refractivity contribution in [2.75, 3.05) is 26.2 Å². The number of hydrogen-bond acceptors (Lipinski definition) is 3. The number of carbonyl (C=O) groups is 1. The normalized spacial score (nSPS) is 17.7. The van der Waals surface area contributed by atoms with Gasteiger partial charge in [-0.2, -0.15) is 13.2 Å². The Kier molecular flexibility index (Phi) is 9.62. The third kappa shape index (κ3) is 6.87. The zero-order valence-electron chi connectivity index (χ0n) is 16.4. The van der Waals surface area contributed by atoms with E-state index in [1.54, 1.807) is 30.3 Å². The highest BCUT2D eigenvalue weighted by Gasteiger charge is 2.32. The van der Waals surface area contributed by atoms with Gasteiger partial charge in [-0.15, -0.1) is 24.8 Å². The number of carboxylic acid groups (broad SMARTS) is 1. The number of halogens is 5. The molecule has 0 unspecified atom stereocenters. The molecule has 0 aliphatic carbocycles. The van der Waals surface area contributed by atoms with Crippen LogP contribution in [0.25, 0.3) is 11.1 Å². The lowest BCUT2D eigenvalue weighted by Crippen LogP contribution is -2.52. The van der Waals surface area contributed by atoms with Crippen LogP contribution in [0.5, 0.6) is 0 Å². The van der Waals surface area contributed by atoms with Crippen LogP contribution in [0, 0.1) is 0 Å².